The van der Waals surface area contributed by atoms with Crippen molar-refractivity contribution in [2.24, 2.45) is 5.73 Å². The number of hydrogen-bond acceptors (Lipinski definition) is 2. The van der Waals surface area contributed by atoms with E-state index in [-0.39, 0.29) is 11.7 Å². The first kappa shape index (κ1) is 10.3. The molecule has 15 heavy (non-hydrogen) atoms. The summed E-state index contributed by atoms with van der Waals surface area (Å²) in [4.78, 5) is 1.63. The van der Waals surface area contributed by atoms with Crippen molar-refractivity contribution in [2.75, 3.05) is 18.0 Å². The molecule has 0 spiro atoms. The summed E-state index contributed by atoms with van der Waals surface area (Å²) < 4.78 is 38.9. The Hall–Kier alpha value is -1.23. The van der Waals surface area contributed by atoms with Crippen LogP contribution in [-0.4, -0.2) is 19.1 Å². The minimum absolute atomic E-state index is 0.0301. The van der Waals surface area contributed by atoms with Crippen molar-refractivity contribution in [3.63, 3.8) is 0 Å². The molecular weight excluding hydrogens is 205 g/mol. The Morgan fingerprint density at radius 3 is 2.53 bits per heavy atom. The molecule has 5 heteroatoms. The molecule has 2 N–H and O–H groups in total. The number of benzene rings is 1. The van der Waals surface area contributed by atoms with Gasteiger partial charge in [-0.2, -0.15) is 0 Å². The summed E-state index contributed by atoms with van der Waals surface area (Å²) in [6.07, 6.45) is 0.735. The molecule has 0 amide bonds. The summed E-state index contributed by atoms with van der Waals surface area (Å²) in [6.45, 7) is 1.05. The summed E-state index contributed by atoms with van der Waals surface area (Å²) in [5.41, 5.74) is 5.73. The molecule has 82 valence electrons. The highest BCUT2D eigenvalue weighted by molar-refractivity contribution is 5.49. The standard InChI is InChI=1S/C10H11F3N2/c11-7-1-2-8(10(13)9(7)12)15-4-3-6(14)5-15/h1-2,6H,3-5,14H2. The number of rotatable bonds is 1. The second-order valence-electron chi connectivity index (χ2n) is 3.69. The molecule has 1 atom stereocenters. The maximum absolute atomic E-state index is 13.3. The zero-order valence-electron chi connectivity index (χ0n) is 8.01. The predicted octanol–water partition coefficient (Wildman–Crippen LogP) is 1.64. The Balaban J connectivity index is 2.33. The van der Waals surface area contributed by atoms with E-state index in [9.17, 15) is 13.2 Å². The van der Waals surface area contributed by atoms with E-state index in [1.165, 1.54) is 6.07 Å². The molecule has 1 heterocycles. The van der Waals surface area contributed by atoms with Gasteiger partial charge < -0.3 is 10.6 Å². The molecule has 0 aromatic heterocycles. The monoisotopic (exact) mass is 216 g/mol. The van der Waals surface area contributed by atoms with Gasteiger partial charge in [-0.25, -0.2) is 13.2 Å². The molecule has 0 saturated carbocycles. The van der Waals surface area contributed by atoms with Crippen LogP contribution in [0.25, 0.3) is 0 Å². The predicted molar refractivity (Wildman–Crippen MR) is 51.1 cm³/mol. The van der Waals surface area contributed by atoms with E-state index < -0.39 is 17.5 Å². The van der Waals surface area contributed by atoms with E-state index in [2.05, 4.69) is 0 Å². The highest BCUT2D eigenvalue weighted by Gasteiger charge is 2.24. The Morgan fingerprint density at radius 1 is 1.20 bits per heavy atom. The topological polar surface area (TPSA) is 29.3 Å². The van der Waals surface area contributed by atoms with Crippen molar-refractivity contribution in [1.29, 1.82) is 0 Å². The molecule has 0 bridgehead atoms. The molecular formula is C10H11F3N2. The molecule has 1 aromatic rings. The number of nitrogens with zero attached hydrogens (tertiary/aromatic N) is 1. The van der Waals surface area contributed by atoms with Crippen LogP contribution in [0.5, 0.6) is 0 Å². The molecule has 1 unspecified atom stereocenters. The zero-order valence-corrected chi connectivity index (χ0v) is 8.01. The summed E-state index contributed by atoms with van der Waals surface area (Å²) in [7, 11) is 0. The Bertz CT molecular complexity index is 381. The third-order valence-electron chi connectivity index (χ3n) is 2.58. The van der Waals surface area contributed by atoms with Crippen molar-refractivity contribution >= 4 is 5.69 Å². The van der Waals surface area contributed by atoms with Gasteiger partial charge in [-0.15, -0.1) is 0 Å². The van der Waals surface area contributed by atoms with Gasteiger partial charge in [-0.05, 0) is 18.6 Å². The van der Waals surface area contributed by atoms with Crippen molar-refractivity contribution in [2.45, 2.75) is 12.5 Å². The number of hydrogen-bond donors (Lipinski definition) is 1. The second-order valence-corrected chi connectivity index (χ2v) is 3.69. The number of halogens is 3. The van der Waals surface area contributed by atoms with Gasteiger partial charge in [0.1, 0.15) is 0 Å². The molecule has 1 aliphatic heterocycles. The number of anilines is 1. The average molecular weight is 216 g/mol. The van der Waals surface area contributed by atoms with Gasteiger partial charge in [-0.1, -0.05) is 0 Å². The van der Waals surface area contributed by atoms with Gasteiger partial charge in [0.25, 0.3) is 0 Å². The molecule has 2 nitrogen and oxygen atoms in total. The lowest BCUT2D eigenvalue weighted by Gasteiger charge is -2.18. The lowest BCUT2D eigenvalue weighted by atomic mass is 10.2. The fourth-order valence-electron chi connectivity index (χ4n) is 1.77. The van der Waals surface area contributed by atoms with Crippen LogP contribution in [0.1, 0.15) is 6.42 Å². The quantitative estimate of drug-likeness (QED) is 0.723. The average Bonchev–Trinajstić information content (AvgIpc) is 2.61. The molecule has 1 aliphatic rings. The van der Waals surface area contributed by atoms with Crippen molar-refractivity contribution in [1.82, 2.24) is 0 Å². The molecule has 0 radical (unpaired) electrons. The van der Waals surface area contributed by atoms with E-state index in [0.29, 0.717) is 13.1 Å². The minimum Gasteiger partial charge on any atom is -0.367 e. The molecule has 1 fully saturated rings. The van der Waals surface area contributed by atoms with E-state index in [0.717, 1.165) is 12.5 Å². The van der Waals surface area contributed by atoms with E-state index in [1.54, 1.807) is 4.90 Å². The van der Waals surface area contributed by atoms with Crippen LogP contribution >= 0.6 is 0 Å². The van der Waals surface area contributed by atoms with Crippen LogP contribution in [0.15, 0.2) is 12.1 Å². The molecule has 1 saturated heterocycles. The third-order valence-corrected chi connectivity index (χ3v) is 2.58. The van der Waals surface area contributed by atoms with Gasteiger partial charge in [0.05, 0.1) is 5.69 Å². The SMILES string of the molecule is NC1CCN(c2ccc(F)c(F)c2F)C1. The largest absolute Gasteiger partial charge is 0.367 e. The number of nitrogens with two attached hydrogens (primary N) is 1. The molecule has 1 aromatic carbocycles. The molecule has 2 rings (SSSR count). The van der Waals surface area contributed by atoms with Gasteiger partial charge in [-0.3, -0.25) is 0 Å². The first-order valence-electron chi connectivity index (χ1n) is 4.73. The summed E-state index contributed by atoms with van der Waals surface area (Å²) in [5, 5.41) is 0. The second kappa shape index (κ2) is 3.73. The van der Waals surface area contributed by atoms with Crippen molar-refractivity contribution in [3.05, 3.63) is 29.6 Å². The highest BCUT2D eigenvalue weighted by Crippen LogP contribution is 2.26. The maximum Gasteiger partial charge on any atom is 0.196 e. The summed E-state index contributed by atoms with van der Waals surface area (Å²) in [5.74, 6) is -3.73. The van der Waals surface area contributed by atoms with Crippen LogP contribution in [0.2, 0.25) is 0 Å². The van der Waals surface area contributed by atoms with Crippen molar-refractivity contribution in [3.8, 4) is 0 Å². The first-order chi connectivity index (χ1) is 7.09. The fraction of sp³-hybridized carbons (Fsp3) is 0.400. The van der Waals surface area contributed by atoms with Crippen LogP contribution in [0.3, 0.4) is 0 Å². The van der Waals surface area contributed by atoms with Crippen molar-refractivity contribution < 1.29 is 13.2 Å². The van der Waals surface area contributed by atoms with Gasteiger partial charge >= 0.3 is 0 Å². The summed E-state index contributed by atoms with van der Waals surface area (Å²) >= 11 is 0. The van der Waals surface area contributed by atoms with Crippen LogP contribution in [-0.2, 0) is 0 Å². The highest BCUT2D eigenvalue weighted by atomic mass is 19.2. The van der Waals surface area contributed by atoms with Crippen LogP contribution < -0.4 is 10.6 Å². The minimum atomic E-state index is -1.42. The Kier molecular flexibility index (Phi) is 2.56. The normalized spacial score (nSPS) is 21.1. The third kappa shape index (κ3) is 1.79. The molecule has 0 aliphatic carbocycles. The van der Waals surface area contributed by atoms with E-state index in [4.69, 9.17) is 5.73 Å². The Morgan fingerprint density at radius 2 is 1.93 bits per heavy atom. The van der Waals surface area contributed by atoms with E-state index >= 15 is 0 Å². The Labute approximate surface area is 85.5 Å². The van der Waals surface area contributed by atoms with Gasteiger partial charge in [0.2, 0.25) is 0 Å². The summed E-state index contributed by atoms with van der Waals surface area (Å²) in [6, 6.07) is 2.14. The lowest BCUT2D eigenvalue weighted by Crippen LogP contribution is -2.27. The van der Waals surface area contributed by atoms with Gasteiger partial charge in [0.15, 0.2) is 17.5 Å². The first-order valence-corrected chi connectivity index (χ1v) is 4.73. The van der Waals surface area contributed by atoms with Crippen LogP contribution in [0.4, 0.5) is 18.9 Å². The van der Waals surface area contributed by atoms with E-state index in [1.807, 2.05) is 0 Å². The smallest absolute Gasteiger partial charge is 0.196 e. The maximum atomic E-state index is 13.3. The lowest BCUT2D eigenvalue weighted by molar-refractivity contribution is 0.447. The zero-order chi connectivity index (χ0) is 11.0. The fourth-order valence-corrected chi connectivity index (χ4v) is 1.77. The van der Waals surface area contributed by atoms with Gasteiger partial charge in [0, 0.05) is 19.1 Å². The van der Waals surface area contributed by atoms with Crippen LogP contribution in [0, 0.1) is 17.5 Å².